The number of anilines is 1. The van der Waals surface area contributed by atoms with Crippen LogP contribution < -0.4 is 5.32 Å². The summed E-state index contributed by atoms with van der Waals surface area (Å²) in [7, 11) is 0. The second kappa shape index (κ2) is 11.5. The quantitative estimate of drug-likeness (QED) is 0.179. The molecule has 188 valence electrons. The largest absolute Gasteiger partial charge is 0.309 e. The van der Waals surface area contributed by atoms with Crippen molar-refractivity contribution in [1.82, 2.24) is 9.97 Å². The Labute approximate surface area is 220 Å². The first-order valence-electron chi connectivity index (χ1n) is 12.6. The van der Waals surface area contributed by atoms with Crippen LogP contribution in [0.2, 0.25) is 0 Å². The molecule has 4 aromatic rings. The fraction of sp³-hybridized carbons (Fsp3) is 0.200. The number of hydrogen-bond acceptors (Lipinski definition) is 4. The van der Waals surface area contributed by atoms with Crippen molar-refractivity contribution in [3.63, 3.8) is 0 Å². The van der Waals surface area contributed by atoms with E-state index < -0.39 is 5.91 Å². The average molecular weight is 503 g/mol. The molecule has 0 bridgehead atoms. The molecular weight excluding hydrogens is 476 g/mol. The average Bonchev–Trinajstić information content (AvgIpc) is 2.96. The maximum absolute atomic E-state index is 12.9. The topological polar surface area (TPSA) is 121 Å². The number of nitrogens with one attached hydrogen (secondary N) is 1. The fourth-order valence-electron chi connectivity index (χ4n) is 4.69. The minimum atomic E-state index is -0.607. The second-order valence-corrected chi connectivity index (χ2v) is 9.20. The molecule has 38 heavy (non-hydrogen) atoms. The lowest BCUT2D eigenvalue weighted by molar-refractivity contribution is -0.116. The summed E-state index contributed by atoms with van der Waals surface area (Å²) in [6, 6.07) is 25.3. The van der Waals surface area contributed by atoms with Crippen LogP contribution in [0.3, 0.4) is 0 Å². The summed E-state index contributed by atoms with van der Waals surface area (Å²) in [4.78, 5) is 37.4. The van der Waals surface area contributed by atoms with E-state index in [-0.39, 0.29) is 5.91 Å². The first-order valence-corrected chi connectivity index (χ1v) is 12.6. The number of azide groups is 1. The summed E-state index contributed by atoms with van der Waals surface area (Å²) in [6.45, 7) is 0. The molecule has 0 unspecified atom stereocenters. The Morgan fingerprint density at radius 1 is 0.868 bits per heavy atom. The number of hydrogen-bond donors (Lipinski definition) is 1. The molecule has 1 heterocycles. The second-order valence-electron chi connectivity index (χ2n) is 9.20. The van der Waals surface area contributed by atoms with Crippen molar-refractivity contribution in [2.75, 3.05) is 5.32 Å². The molecule has 2 amide bonds. The zero-order valence-corrected chi connectivity index (χ0v) is 20.8. The van der Waals surface area contributed by atoms with Crippen molar-refractivity contribution >= 4 is 17.6 Å². The molecule has 0 saturated heterocycles. The first-order chi connectivity index (χ1) is 18.6. The van der Waals surface area contributed by atoms with E-state index in [1.807, 2.05) is 54.6 Å². The molecule has 0 aliphatic heterocycles. The van der Waals surface area contributed by atoms with Gasteiger partial charge in [-0.1, -0.05) is 72.8 Å². The molecule has 8 nitrogen and oxygen atoms in total. The Bertz CT molecular complexity index is 1530. The van der Waals surface area contributed by atoms with Crippen LogP contribution in [0.4, 0.5) is 5.82 Å². The number of amides is 2. The first kappa shape index (κ1) is 24.9. The Balaban J connectivity index is 1.44. The van der Waals surface area contributed by atoms with Crippen LogP contribution in [0.25, 0.3) is 21.7 Å². The van der Waals surface area contributed by atoms with Gasteiger partial charge in [0.1, 0.15) is 0 Å². The van der Waals surface area contributed by atoms with Crippen molar-refractivity contribution in [2.45, 2.75) is 38.5 Å². The zero-order valence-electron chi connectivity index (χ0n) is 20.8. The van der Waals surface area contributed by atoms with Crippen LogP contribution in [-0.2, 0) is 36.9 Å². The number of benzene rings is 3. The summed E-state index contributed by atoms with van der Waals surface area (Å²) in [6.07, 6.45) is 3.66. The van der Waals surface area contributed by atoms with E-state index >= 15 is 0 Å². The number of carbonyl (C=O) groups is 2. The summed E-state index contributed by atoms with van der Waals surface area (Å²) >= 11 is 0. The van der Waals surface area contributed by atoms with Crippen molar-refractivity contribution < 1.29 is 9.59 Å². The summed E-state index contributed by atoms with van der Waals surface area (Å²) in [5.41, 5.74) is 15.4. The van der Waals surface area contributed by atoms with Gasteiger partial charge in [0, 0.05) is 22.5 Å². The van der Waals surface area contributed by atoms with Gasteiger partial charge in [0.2, 0.25) is 11.8 Å². The maximum atomic E-state index is 12.9. The van der Waals surface area contributed by atoms with E-state index in [1.165, 1.54) is 5.56 Å². The third-order valence-electron chi connectivity index (χ3n) is 6.65. The van der Waals surface area contributed by atoms with Crippen LogP contribution >= 0.6 is 0 Å². The van der Waals surface area contributed by atoms with Gasteiger partial charge in [-0.3, -0.25) is 9.59 Å². The lowest BCUT2D eigenvalue weighted by Gasteiger charge is -2.21. The molecule has 0 spiro atoms. The summed E-state index contributed by atoms with van der Waals surface area (Å²) < 4.78 is 0. The van der Waals surface area contributed by atoms with Gasteiger partial charge in [0.05, 0.1) is 17.1 Å². The summed E-state index contributed by atoms with van der Waals surface area (Å²) in [5.74, 6) is -0.192. The molecule has 0 atom stereocenters. The molecular formula is C30H26N6O2. The predicted molar refractivity (Wildman–Crippen MR) is 146 cm³/mol. The van der Waals surface area contributed by atoms with Gasteiger partial charge < -0.3 is 5.32 Å². The number of fused-ring (bicyclic) bond motifs is 3. The minimum absolute atomic E-state index is 0.0959. The molecule has 1 aliphatic rings. The van der Waals surface area contributed by atoms with Crippen LogP contribution in [0, 0.1) is 0 Å². The van der Waals surface area contributed by atoms with Gasteiger partial charge >= 0.3 is 0 Å². The lowest BCUT2D eigenvalue weighted by atomic mass is 9.90. The Hall–Kier alpha value is -4.81. The van der Waals surface area contributed by atoms with E-state index in [0.29, 0.717) is 43.5 Å². The Morgan fingerprint density at radius 2 is 1.58 bits per heavy atom. The van der Waals surface area contributed by atoms with E-state index in [4.69, 9.17) is 15.5 Å². The third kappa shape index (κ3) is 5.77. The molecule has 1 N–H and O–H groups in total. The monoisotopic (exact) mass is 502 g/mol. The highest BCUT2D eigenvalue weighted by Crippen LogP contribution is 2.34. The molecule has 8 heteroatoms. The highest BCUT2D eigenvalue weighted by molar-refractivity contribution is 5.96. The molecule has 1 aliphatic carbocycles. The normalized spacial score (nSPS) is 11.6. The van der Waals surface area contributed by atoms with Crippen molar-refractivity contribution in [3.05, 3.63) is 123 Å². The van der Waals surface area contributed by atoms with Gasteiger partial charge in [0.15, 0.2) is 5.82 Å². The highest BCUT2D eigenvalue weighted by atomic mass is 16.2. The molecule has 3 aromatic carbocycles. The third-order valence-corrected chi connectivity index (χ3v) is 6.65. The molecule has 0 radical (unpaired) electrons. The van der Waals surface area contributed by atoms with Crippen LogP contribution in [0.1, 0.15) is 44.9 Å². The van der Waals surface area contributed by atoms with E-state index in [2.05, 4.69) is 27.5 Å². The standard InChI is InChI=1S/C30H26N6O2/c31-36-35-30(38)23-13-15-24-22(19-23)14-17-25-28(24)32-26(16-11-20-7-3-1-4-8-20)29(33-25)34-27(37)18-12-21-9-5-2-6-10-21/h1-10,13,15,19H,11-12,14,16-18H2,(H,33,34,37). The van der Waals surface area contributed by atoms with Crippen molar-refractivity contribution in [1.29, 1.82) is 0 Å². The van der Waals surface area contributed by atoms with Crippen LogP contribution in [-0.4, -0.2) is 21.8 Å². The van der Waals surface area contributed by atoms with E-state index in [1.54, 1.807) is 12.1 Å². The molecule has 0 fully saturated rings. The number of nitrogens with zero attached hydrogens (tertiary/aromatic N) is 5. The van der Waals surface area contributed by atoms with Crippen LogP contribution in [0.5, 0.6) is 0 Å². The van der Waals surface area contributed by atoms with Gasteiger partial charge in [0.25, 0.3) is 0 Å². The molecule has 5 rings (SSSR count). The van der Waals surface area contributed by atoms with Gasteiger partial charge in [-0.2, -0.15) is 0 Å². The van der Waals surface area contributed by atoms with Gasteiger partial charge in [-0.05, 0) is 65.5 Å². The van der Waals surface area contributed by atoms with Gasteiger partial charge in [-0.15, -0.1) is 0 Å². The SMILES string of the molecule is [N-]=[N+]=NC(=O)c1ccc2c(c1)CCc1nc(NC(=O)CCc3ccccc3)c(CCc3ccccc3)nc1-2. The fourth-order valence-corrected chi connectivity index (χ4v) is 4.69. The smallest absolute Gasteiger partial charge is 0.249 e. The highest BCUT2D eigenvalue weighted by Gasteiger charge is 2.23. The molecule has 0 saturated carbocycles. The zero-order chi connectivity index (χ0) is 26.3. The minimum Gasteiger partial charge on any atom is -0.309 e. The Morgan fingerprint density at radius 3 is 2.29 bits per heavy atom. The number of carbonyl (C=O) groups excluding carboxylic acids is 2. The summed E-state index contributed by atoms with van der Waals surface area (Å²) in [5, 5.41) is 6.23. The van der Waals surface area contributed by atoms with Crippen molar-refractivity contribution in [3.8, 4) is 11.3 Å². The maximum Gasteiger partial charge on any atom is 0.249 e. The van der Waals surface area contributed by atoms with Crippen LogP contribution in [0.15, 0.2) is 84.0 Å². The van der Waals surface area contributed by atoms with E-state index in [0.717, 1.165) is 40.2 Å². The Kier molecular flexibility index (Phi) is 7.52. The molecule has 1 aromatic heterocycles. The van der Waals surface area contributed by atoms with Gasteiger partial charge in [-0.25, -0.2) is 9.97 Å². The predicted octanol–water partition coefficient (Wildman–Crippen LogP) is 6.05. The van der Waals surface area contributed by atoms with Crippen molar-refractivity contribution in [2.24, 2.45) is 5.11 Å². The number of rotatable bonds is 8. The van der Waals surface area contributed by atoms with E-state index in [9.17, 15) is 9.59 Å². The number of aromatic nitrogens is 2. The number of aryl methyl sites for hydroxylation is 5. The lowest BCUT2D eigenvalue weighted by Crippen LogP contribution is -2.19.